The minimum atomic E-state index is -3.63. The van der Waals surface area contributed by atoms with Crippen LogP contribution >= 0.6 is 0 Å². The van der Waals surface area contributed by atoms with Crippen molar-refractivity contribution in [2.24, 2.45) is 5.92 Å². The van der Waals surface area contributed by atoms with Crippen molar-refractivity contribution >= 4 is 27.4 Å². The van der Waals surface area contributed by atoms with Gasteiger partial charge in [0.2, 0.25) is 5.91 Å². The van der Waals surface area contributed by atoms with Crippen LogP contribution in [0.5, 0.6) is 0 Å². The topological polar surface area (TPSA) is 101 Å². The number of nitrogens with one attached hydrogen (secondary N) is 1. The van der Waals surface area contributed by atoms with Gasteiger partial charge in [0.15, 0.2) is 9.84 Å². The second-order valence-electron chi connectivity index (χ2n) is 6.59. The lowest BCUT2D eigenvalue weighted by atomic mass is 9.85. The standard InChI is InChI=1S/C20H23NO5S/c1-4-13(2)18(14-8-6-5-7-9-14)19(22)21-16-10-15(20(23)24)11-17(12-16)27(3,25)26/h5-13,18H,4H2,1-3H3,(H,21,22)(H,23,24). The molecule has 1 amide bonds. The molecule has 0 aromatic heterocycles. The van der Waals surface area contributed by atoms with Crippen molar-refractivity contribution in [3.8, 4) is 0 Å². The van der Waals surface area contributed by atoms with Crippen LogP contribution in [0.15, 0.2) is 53.4 Å². The highest BCUT2D eigenvalue weighted by atomic mass is 32.2. The molecule has 2 atom stereocenters. The zero-order valence-electron chi connectivity index (χ0n) is 15.5. The number of amides is 1. The summed E-state index contributed by atoms with van der Waals surface area (Å²) in [4.78, 5) is 24.1. The van der Waals surface area contributed by atoms with Gasteiger partial charge in [-0.1, -0.05) is 50.6 Å². The Kier molecular flexibility index (Phi) is 6.38. The highest BCUT2D eigenvalue weighted by Gasteiger charge is 2.26. The minimum absolute atomic E-state index is 0.0458. The smallest absolute Gasteiger partial charge is 0.335 e. The Labute approximate surface area is 159 Å². The fraction of sp³-hybridized carbons (Fsp3) is 0.300. The highest BCUT2D eigenvalue weighted by Crippen LogP contribution is 2.29. The molecule has 0 saturated carbocycles. The van der Waals surface area contributed by atoms with Gasteiger partial charge in [-0.3, -0.25) is 4.79 Å². The molecule has 0 fully saturated rings. The van der Waals surface area contributed by atoms with Crippen molar-refractivity contribution in [3.63, 3.8) is 0 Å². The number of carbonyl (C=O) groups excluding carboxylic acids is 1. The van der Waals surface area contributed by atoms with Gasteiger partial charge in [-0.2, -0.15) is 0 Å². The van der Waals surface area contributed by atoms with Gasteiger partial charge in [-0.05, 0) is 29.7 Å². The van der Waals surface area contributed by atoms with E-state index < -0.39 is 21.7 Å². The summed E-state index contributed by atoms with van der Waals surface area (Å²) < 4.78 is 23.7. The van der Waals surface area contributed by atoms with E-state index in [1.165, 1.54) is 12.1 Å². The number of carboxylic acid groups (broad SMARTS) is 1. The summed E-state index contributed by atoms with van der Waals surface area (Å²) in [5.41, 5.74) is 0.791. The van der Waals surface area contributed by atoms with Crippen molar-refractivity contribution in [3.05, 3.63) is 59.7 Å². The molecule has 0 radical (unpaired) electrons. The van der Waals surface area contributed by atoms with Gasteiger partial charge in [0, 0.05) is 11.9 Å². The lowest BCUT2D eigenvalue weighted by Crippen LogP contribution is -2.26. The molecule has 27 heavy (non-hydrogen) atoms. The van der Waals surface area contributed by atoms with E-state index >= 15 is 0 Å². The Balaban J connectivity index is 2.43. The van der Waals surface area contributed by atoms with E-state index in [9.17, 15) is 23.1 Å². The van der Waals surface area contributed by atoms with Crippen LogP contribution in [0.3, 0.4) is 0 Å². The number of aromatic carboxylic acids is 1. The van der Waals surface area contributed by atoms with Crippen LogP contribution < -0.4 is 5.32 Å². The normalized spacial score (nSPS) is 13.6. The number of rotatable bonds is 7. The maximum Gasteiger partial charge on any atom is 0.335 e. The molecule has 7 heteroatoms. The molecule has 2 unspecified atom stereocenters. The first kappa shape index (κ1) is 20.6. The molecule has 0 heterocycles. The fourth-order valence-corrected chi connectivity index (χ4v) is 3.55. The van der Waals surface area contributed by atoms with E-state index in [0.29, 0.717) is 0 Å². The molecule has 0 saturated heterocycles. The van der Waals surface area contributed by atoms with E-state index in [1.54, 1.807) is 0 Å². The maximum absolute atomic E-state index is 12.9. The highest BCUT2D eigenvalue weighted by molar-refractivity contribution is 7.90. The second-order valence-corrected chi connectivity index (χ2v) is 8.60. The van der Waals surface area contributed by atoms with Crippen LogP contribution in [0.2, 0.25) is 0 Å². The van der Waals surface area contributed by atoms with Crippen molar-refractivity contribution in [1.29, 1.82) is 0 Å². The molecule has 144 valence electrons. The number of benzene rings is 2. The third-order valence-corrected chi connectivity index (χ3v) is 5.60. The van der Waals surface area contributed by atoms with Gasteiger partial charge in [-0.15, -0.1) is 0 Å². The predicted octanol–water partition coefficient (Wildman–Crippen LogP) is 3.56. The molecular formula is C20H23NO5S. The largest absolute Gasteiger partial charge is 0.478 e. The van der Waals surface area contributed by atoms with E-state index in [2.05, 4.69) is 5.32 Å². The summed E-state index contributed by atoms with van der Waals surface area (Å²) in [5.74, 6) is -1.97. The Hall–Kier alpha value is -2.67. The summed E-state index contributed by atoms with van der Waals surface area (Å²) in [6.45, 7) is 3.95. The molecule has 0 spiro atoms. The number of sulfone groups is 1. The van der Waals surface area contributed by atoms with Gasteiger partial charge < -0.3 is 10.4 Å². The first-order valence-corrected chi connectivity index (χ1v) is 10.5. The van der Waals surface area contributed by atoms with Crippen molar-refractivity contribution in [1.82, 2.24) is 0 Å². The SMILES string of the molecule is CCC(C)C(C(=O)Nc1cc(C(=O)O)cc(S(C)(=O)=O)c1)c1ccccc1. The number of carbonyl (C=O) groups is 2. The third kappa shape index (κ3) is 5.17. The summed E-state index contributed by atoms with van der Waals surface area (Å²) in [5, 5.41) is 11.9. The molecule has 0 aliphatic rings. The monoisotopic (exact) mass is 389 g/mol. The summed E-state index contributed by atoms with van der Waals surface area (Å²) in [6, 6.07) is 12.9. The van der Waals surface area contributed by atoms with Crippen molar-refractivity contribution < 1.29 is 23.1 Å². The van der Waals surface area contributed by atoms with Crippen molar-refractivity contribution in [2.75, 3.05) is 11.6 Å². The Morgan fingerprint density at radius 2 is 1.74 bits per heavy atom. The summed E-state index contributed by atoms with van der Waals surface area (Å²) in [6.07, 6.45) is 1.77. The van der Waals surface area contributed by atoms with Gasteiger partial charge >= 0.3 is 5.97 Å². The zero-order valence-corrected chi connectivity index (χ0v) is 16.3. The lowest BCUT2D eigenvalue weighted by Gasteiger charge is -2.23. The summed E-state index contributed by atoms with van der Waals surface area (Å²) in [7, 11) is -3.63. The van der Waals surface area contributed by atoms with E-state index in [-0.39, 0.29) is 28.0 Å². The van der Waals surface area contributed by atoms with Crippen molar-refractivity contribution in [2.45, 2.75) is 31.1 Å². The number of anilines is 1. The van der Waals surface area contributed by atoms with Gasteiger partial charge in [0.25, 0.3) is 0 Å². The van der Waals surface area contributed by atoms with Gasteiger partial charge in [-0.25, -0.2) is 13.2 Å². The molecule has 2 N–H and O–H groups in total. The molecule has 2 aromatic rings. The fourth-order valence-electron chi connectivity index (χ4n) is 2.86. The Morgan fingerprint density at radius 1 is 1.11 bits per heavy atom. The van der Waals surface area contributed by atoms with Crippen LogP contribution in [0, 0.1) is 5.92 Å². The van der Waals surface area contributed by atoms with Crippen LogP contribution in [0.25, 0.3) is 0 Å². The number of hydrogen-bond acceptors (Lipinski definition) is 4. The maximum atomic E-state index is 12.9. The van der Waals surface area contributed by atoms with E-state index in [4.69, 9.17) is 0 Å². The zero-order chi connectivity index (χ0) is 20.2. The van der Waals surface area contributed by atoms with Crippen LogP contribution in [-0.2, 0) is 14.6 Å². The average Bonchev–Trinajstić information content (AvgIpc) is 2.61. The number of carboxylic acids is 1. The first-order chi connectivity index (χ1) is 12.6. The molecule has 6 nitrogen and oxygen atoms in total. The molecular weight excluding hydrogens is 366 g/mol. The molecule has 0 aliphatic carbocycles. The molecule has 2 rings (SSSR count). The third-order valence-electron chi connectivity index (χ3n) is 4.50. The second kappa shape index (κ2) is 8.35. The molecule has 0 bridgehead atoms. The first-order valence-electron chi connectivity index (χ1n) is 8.57. The average molecular weight is 389 g/mol. The van der Waals surface area contributed by atoms with E-state index in [1.807, 2.05) is 44.2 Å². The quantitative estimate of drug-likeness (QED) is 0.754. The minimum Gasteiger partial charge on any atom is -0.478 e. The summed E-state index contributed by atoms with van der Waals surface area (Å²) >= 11 is 0. The predicted molar refractivity (Wildman–Crippen MR) is 104 cm³/mol. The lowest BCUT2D eigenvalue weighted by molar-refractivity contribution is -0.118. The Morgan fingerprint density at radius 3 is 2.26 bits per heavy atom. The number of hydrogen-bond donors (Lipinski definition) is 2. The Bertz CT molecular complexity index is 938. The van der Waals surface area contributed by atoms with Crippen LogP contribution in [0.1, 0.15) is 42.1 Å². The van der Waals surface area contributed by atoms with Gasteiger partial charge in [0.05, 0.1) is 16.4 Å². The van der Waals surface area contributed by atoms with Crippen LogP contribution in [-0.4, -0.2) is 31.7 Å². The van der Waals surface area contributed by atoms with Gasteiger partial charge in [0.1, 0.15) is 0 Å². The van der Waals surface area contributed by atoms with E-state index in [0.717, 1.165) is 24.3 Å². The molecule has 0 aliphatic heterocycles. The molecule has 2 aromatic carbocycles. The van der Waals surface area contributed by atoms with Crippen LogP contribution in [0.4, 0.5) is 5.69 Å².